The van der Waals surface area contributed by atoms with Crippen molar-refractivity contribution in [3.8, 4) is 12.3 Å². The smallest absolute Gasteiger partial charge is 0.0947 e. The summed E-state index contributed by atoms with van der Waals surface area (Å²) in [7, 11) is 0. The Labute approximate surface area is 146 Å². The number of nitrogens with one attached hydrogen (secondary N) is 1. The minimum atomic E-state index is 0. The number of nitrogens with zero attached hydrogens (tertiary/aromatic N) is 1. The third-order valence-corrected chi connectivity index (χ3v) is 2.93. The lowest BCUT2D eigenvalue weighted by molar-refractivity contribution is 0.955. The van der Waals surface area contributed by atoms with Gasteiger partial charge in [-0.15, -0.1) is 18.8 Å². The van der Waals surface area contributed by atoms with E-state index in [2.05, 4.69) is 11.3 Å². The second kappa shape index (κ2) is 11.0. The number of benzene rings is 2. The van der Waals surface area contributed by atoms with E-state index in [-0.39, 0.29) is 12.4 Å². The Morgan fingerprint density at radius 3 is 1.86 bits per heavy atom. The minimum absolute atomic E-state index is 0. The van der Waals surface area contributed by atoms with E-state index in [4.69, 9.17) is 41.3 Å². The number of hydrazine groups is 2. The molecule has 0 radical (unpaired) electrons. The standard InChI is InChI=1S/C9H9ClN2.C6H7ClN2.ClH/c1-2-7-12(11)9-5-3-8(10)4-6-9;7-5-1-3-6(9-8)4-2-5;/h1,3-6H,7,11H2;1-4,9H,8H2;1H. The largest absolute Gasteiger partial charge is 0.324 e. The molecule has 0 amide bonds. The summed E-state index contributed by atoms with van der Waals surface area (Å²) in [6.07, 6.45) is 5.10. The van der Waals surface area contributed by atoms with Crippen molar-refractivity contribution in [3.63, 3.8) is 0 Å². The van der Waals surface area contributed by atoms with Crippen molar-refractivity contribution in [2.45, 2.75) is 0 Å². The normalized spacial score (nSPS) is 8.68. The van der Waals surface area contributed by atoms with Crippen LogP contribution in [0.1, 0.15) is 0 Å². The van der Waals surface area contributed by atoms with Crippen LogP contribution in [0, 0.1) is 12.3 Å². The number of terminal acetylenes is 1. The van der Waals surface area contributed by atoms with Crippen LogP contribution in [0.2, 0.25) is 10.0 Å². The predicted molar refractivity (Wildman–Crippen MR) is 98.3 cm³/mol. The summed E-state index contributed by atoms with van der Waals surface area (Å²) < 4.78 is 0. The average Bonchev–Trinajstić information content (AvgIpc) is 2.50. The lowest BCUT2D eigenvalue weighted by Crippen LogP contribution is -2.30. The summed E-state index contributed by atoms with van der Waals surface area (Å²) in [6.45, 7) is 0.391. The molecular formula is C15H17Cl3N4. The van der Waals surface area contributed by atoms with Gasteiger partial charge in [0.2, 0.25) is 0 Å². The Hall–Kier alpha value is -1.61. The number of halogens is 3. The zero-order valence-corrected chi connectivity index (χ0v) is 14.0. The molecule has 0 spiro atoms. The number of hydrogen-bond donors (Lipinski definition) is 3. The van der Waals surface area contributed by atoms with Gasteiger partial charge in [-0.05, 0) is 48.5 Å². The van der Waals surface area contributed by atoms with Crippen molar-refractivity contribution in [2.75, 3.05) is 17.0 Å². The van der Waals surface area contributed by atoms with E-state index in [1.807, 2.05) is 24.3 Å². The summed E-state index contributed by atoms with van der Waals surface area (Å²) in [5.41, 5.74) is 4.21. The van der Waals surface area contributed by atoms with Crippen LogP contribution < -0.4 is 22.1 Å². The van der Waals surface area contributed by atoms with E-state index < -0.39 is 0 Å². The fourth-order valence-corrected chi connectivity index (χ4v) is 1.62. The van der Waals surface area contributed by atoms with Crippen LogP contribution in [0.4, 0.5) is 11.4 Å². The van der Waals surface area contributed by atoms with Crippen LogP contribution in [0.15, 0.2) is 48.5 Å². The topological polar surface area (TPSA) is 67.3 Å². The quantitative estimate of drug-likeness (QED) is 0.444. The number of anilines is 2. The molecule has 0 atom stereocenters. The molecule has 2 aromatic carbocycles. The highest BCUT2D eigenvalue weighted by Crippen LogP contribution is 2.15. The van der Waals surface area contributed by atoms with Gasteiger partial charge in [-0.2, -0.15) is 0 Å². The van der Waals surface area contributed by atoms with Gasteiger partial charge in [0, 0.05) is 15.7 Å². The van der Waals surface area contributed by atoms with Gasteiger partial charge >= 0.3 is 0 Å². The molecule has 0 aliphatic heterocycles. The average molecular weight is 360 g/mol. The molecule has 0 aliphatic rings. The van der Waals surface area contributed by atoms with Crippen molar-refractivity contribution >= 4 is 47.0 Å². The van der Waals surface area contributed by atoms with Crippen LogP contribution in [0.25, 0.3) is 0 Å². The van der Waals surface area contributed by atoms with E-state index >= 15 is 0 Å². The molecule has 2 aromatic rings. The summed E-state index contributed by atoms with van der Waals surface area (Å²) in [5, 5.41) is 2.89. The third-order valence-electron chi connectivity index (χ3n) is 2.43. The Balaban J connectivity index is 0.000000397. The van der Waals surface area contributed by atoms with Crippen molar-refractivity contribution < 1.29 is 0 Å². The number of rotatable bonds is 3. The molecule has 0 saturated carbocycles. The van der Waals surface area contributed by atoms with Gasteiger partial charge in [0.05, 0.1) is 12.2 Å². The lowest BCUT2D eigenvalue weighted by atomic mass is 10.3. The molecule has 7 heteroatoms. The second-order valence-corrected chi connectivity index (χ2v) is 4.83. The number of nitrogens with two attached hydrogens (primary N) is 2. The zero-order valence-electron chi connectivity index (χ0n) is 11.7. The fourth-order valence-electron chi connectivity index (χ4n) is 1.37. The minimum Gasteiger partial charge on any atom is -0.324 e. The molecule has 118 valence electrons. The molecule has 0 bridgehead atoms. The van der Waals surface area contributed by atoms with E-state index in [0.29, 0.717) is 16.6 Å². The zero-order chi connectivity index (χ0) is 15.7. The van der Waals surface area contributed by atoms with E-state index in [1.165, 1.54) is 5.01 Å². The molecule has 0 fully saturated rings. The van der Waals surface area contributed by atoms with Crippen molar-refractivity contribution in [3.05, 3.63) is 58.6 Å². The van der Waals surface area contributed by atoms with Crippen LogP contribution in [-0.4, -0.2) is 6.54 Å². The molecule has 2 rings (SSSR count). The van der Waals surface area contributed by atoms with Gasteiger partial charge < -0.3 is 5.43 Å². The third kappa shape index (κ3) is 7.41. The number of nitrogen functional groups attached to an aromatic ring is 1. The van der Waals surface area contributed by atoms with Gasteiger partial charge in [0.1, 0.15) is 0 Å². The van der Waals surface area contributed by atoms with Gasteiger partial charge in [-0.25, -0.2) is 5.84 Å². The van der Waals surface area contributed by atoms with Crippen LogP contribution in [-0.2, 0) is 0 Å². The van der Waals surface area contributed by atoms with Crippen molar-refractivity contribution in [1.29, 1.82) is 0 Å². The predicted octanol–water partition coefficient (Wildman–Crippen LogP) is 3.70. The summed E-state index contributed by atoms with van der Waals surface area (Å²) in [4.78, 5) is 0. The fraction of sp³-hybridized carbons (Fsp3) is 0.0667. The van der Waals surface area contributed by atoms with E-state index in [0.717, 1.165) is 11.4 Å². The molecule has 22 heavy (non-hydrogen) atoms. The Kier molecular flexibility index (Phi) is 10.2. The molecule has 5 N–H and O–H groups in total. The first-order valence-corrected chi connectivity index (χ1v) is 6.76. The van der Waals surface area contributed by atoms with Gasteiger partial charge in [0.15, 0.2) is 0 Å². The molecule has 0 unspecified atom stereocenters. The SMILES string of the molecule is C#CCN(N)c1ccc(Cl)cc1.Cl.NNc1ccc(Cl)cc1. The van der Waals surface area contributed by atoms with E-state index in [9.17, 15) is 0 Å². The Bertz CT molecular complexity index is 579. The maximum atomic E-state index is 5.69. The van der Waals surface area contributed by atoms with E-state index in [1.54, 1.807) is 24.3 Å². The first-order valence-electron chi connectivity index (χ1n) is 6.00. The molecule has 4 nitrogen and oxygen atoms in total. The second-order valence-electron chi connectivity index (χ2n) is 3.96. The first-order chi connectivity index (χ1) is 10.1. The maximum absolute atomic E-state index is 5.69. The van der Waals surface area contributed by atoms with Crippen molar-refractivity contribution in [2.24, 2.45) is 11.7 Å². The molecule has 0 aliphatic carbocycles. The van der Waals surface area contributed by atoms with Gasteiger partial charge in [-0.1, -0.05) is 29.1 Å². The van der Waals surface area contributed by atoms with Crippen LogP contribution >= 0.6 is 35.6 Å². The lowest BCUT2D eigenvalue weighted by Gasteiger charge is -2.14. The molecule has 0 aromatic heterocycles. The molecule has 0 heterocycles. The molecule has 0 saturated heterocycles. The number of hydrogen-bond acceptors (Lipinski definition) is 4. The Morgan fingerprint density at radius 1 is 1.00 bits per heavy atom. The van der Waals surface area contributed by atoms with Crippen LogP contribution in [0.5, 0.6) is 0 Å². The van der Waals surface area contributed by atoms with Gasteiger partial charge in [0.25, 0.3) is 0 Å². The summed E-state index contributed by atoms with van der Waals surface area (Å²) >= 11 is 11.3. The monoisotopic (exact) mass is 358 g/mol. The maximum Gasteiger partial charge on any atom is 0.0947 e. The summed E-state index contributed by atoms with van der Waals surface area (Å²) in [6, 6.07) is 14.3. The highest BCUT2D eigenvalue weighted by molar-refractivity contribution is 6.30. The van der Waals surface area contributed by atoms with Crippen molar-refractivity contribution in [1.82, 2.24) is 0 Å². The van der Waals surface area contributed by atoms with Crippen LogP contribution in [0.3, 0.4) is 0 Å². The van der Waals surface area contributed by atoms with Gasteiger partial charge in [-0.3, -0.25) is 10.9 Å². The highest BCUT2D eigenvalue weighted by atomic mass is 35.5. The highest BCUT2D eigenvalue weighted by Gasteiger charge is 1.97. The molecular weight excluding hydrogens is 343 g/mol. The summed E-state index contributed by atoms with van der Waals surface area (Å²) in [5.74, 6) is 13.2. The Morgan fingerprint density at radius 2 is 1.45 bits per heavy atom. The first kappa shape index (κ1) is 20.4.